The molecule has 0 N–H and O–H groups in total. The summed E-state index contributed by atoms with van der Waals surface area (Å²) >= 11 is 0. The van der Waals surface area contributed by atoms with E-state index in [4.69, 9.17) is 4.74 Å². The average Bonchev–Trinajstić information content (AvgIpc) is 2.79. The van der Waals surface area contributed by atoms with E-state index in [0.29, 0.717) is 13.0 Å². The summed E-state index contributed by atoms with van der Waals surface area (Å²) in [5.41, 5.74) is 5.73. The summed E-state index contributed by atoms with van der Waals surface area (Å²) < 4.78 is 31.0. The van der Waals surface area contributed by atoms with E-state index in [9.17, 15) is 13.2 Å². The largest absolute Gasteiger partial charge is 0.468 e. The van der Waals surface area contributed by atoms with Gasteiger partial charge in [0, 0.05) is 13.1 Å². The fourth-order valence-electron chi connectivity index (χ4n) is 4.01. The van der Waals surface area contributed by atoms with Gasteiger partial charge in [0.25, 0.3) is 0 Å². The highest BCUT2D eigenvalue weighted by atomic mass is 32.2. The van der Waals surface area contributed by atoms with Gasteiger partial charge in [-0.2, -0.15) is 4.31 Å². The van der Waals surface area contributed by atoms with Gasteiger partial charge in [-0.3, -0.25) is 4.79 Å². The van der Waals surface area contributed by atoms with Gasteiger partial charge in [-0.15, -0.1) is 6.58 Å². The molecule has 0 aliphatic carbocycles. The molecule has 31 heavy (non-hydrogen) atoms. The van der Waals surface area contributed by atoms with Gasteiger partial charge in [0.05, 0.1) is 7.11 Å². The Bertz CT molecular complexity index is 1110. The van der Waals surface area contributed by atoms with E-state index < -0.39 is 20.7 Å². The zero-order valence-corrected chi connectivity index (χ0v) is 19.1. The number of aryl methyl sites for hydroxylation is 1. The van der Waals surface area contributed by atoms with Crippen molar-refractivity contribution in [1.82, 2.24) is 4.31 Å². The molecule has 1 aliphatic heterocycles. The van der Waals surface area contributed by atoms with Crippen LogP contribution < -0.4 is 0 Å². The van der Waals surface area contributed by atoms with Crippen molar-refractivity contribution >= 4 is 21.6 Å². The van der Waals surface area contributed by atoms with E-state index in [0.717, 1.165) is 11.1 Å². The standard InChI is InChI=1S/C25H29NO4S/c1-5-15-25(3,24(27)30-4)31(28,29)26-16-13-20(14-17-26)22-11-12-23(19(2)18-22)21-9-7-6-8-10-21/h5-13,18H,1,14-17H2,2-4H3/t25-/m0/s1. The molecule has 2 aromatic rings. The number of benzene rings is 2. The first-order valence-corrected chi connectivity index (χ1v) is 11.7. The van der Waals surface area contributed by atoms with Crippen LogP contribution in [0.15, 0.2) is 67.3 Å². The van der Waals surface area contributed by atoms with Crippen LogP contribution in [-0.4, -0.2) is 43.6 Å². The fourth-order valence-corrected chi connectivity index (χ4v) is 5.80. The SMILES string of the molecule is C=CC[C@@](C)(C(=O)OC)S(=O)(=O)N1CC=C(c2ccc(-c3ccccc3)c(C)c2)CC1. The van der Waals surface area contributed by atoms with Crippen LogP contribution in [0.3, 0.4) is 0 Å². The van der Waals surface area contributed by atoms with Crippen LogP contribution in [0.25, 0.3) is 16.7 Å². The lowest BCUT2D eigenvalue weighted by atomic mass is 9.94. The minimum atomic E-state index is -3.91. The van der Waals surface area contributed by atoms with Crippen molar-refractivity contribution < 1.29 is 17.9 Å². The van der Waals surface area contributed by atoms with Gasteiger partial charge in [0.15, 0.2) is 4.75 Å². The third-order valence-corrected chi connectivity index (χ3v) is 8.40. The van der Waals surface area contributed by atoms with Crippen molar-refractivity contribution in [2.24, 2.45) is 0 Å². The van der Waals surface area contributed by atoms with Crippen LogP contribution in [-0.2, 0) is 19.6 Å². The summed E-state index contributed by atoms with van der Waals surface area (Å²) in [6, 6.07) is 16.6. The maximum absolute atomic E-state index is 13.2. The van der Waals surface area contributed by atoms with Gasteiger partial charge < -0.3 is 4.74 Å². The van der Waals surface area contributed by atoms with Gasteiger partial charge in [-0.25, -0.2) is 8.42 Å². The summed E-state index contributed by atoms with van der Waals surface area (Å²) in [7, 11) is -2.71. The number of allylic oxidation sites excluding steroid dienone is 1. The van der Waals surface area contributed by atoms with E-state index >= 15 is 0 Å². The molecule has 6 heteroatoms. The van der Waals surface area contributed by atoms with Crippen LogP contribution in [0, 0.1) is 6.92 Å². The molecule has 1 aliphatic rings. The first-order valence-electron chi connectivity index (χ1n) is 10.3. The van der Waals surface area contributed by atoms with E-state index in [-0.39, 0.29) is 13.0 Å². The van der Waals surface area contributed by atoms with Crippen molar-refractivity contribution in [3.05, 3.63) is 78.4 Å². The Kier molecular flexibility index (Phi) is 6.82. The number of sulfonamides is 1. The van der Waals surface area contributed by atoms with E-state index in [1.807, 2.05) is 24.3 Å². The zero-order valence-electron chi connectivity index (χ0n) is 18.3. The predicted octanol–water partition coefficient (Wildman–Crippen LogP) is 4.59. The molecule has 0 bridgehead atoms. The number of carbonyl (C=O) groups is 1. The Balaban J connectivity index is 1.83. The molecule has 1 heterocycles. The molecule has 0 radical (unpaired) electrons. The number of hydrogen-bond acceptors (Lipinski definition) is 4. The molecule has 164 valence electrons. The monoisotopic (exact) mass is 439 g/mol. The Morgan fingerprint density at radius 3 is 2.45 bits per heavy atom. The zero-order chi connectivity index (χ0) is 22.6. The van der Waals surface area contributed by atoms with Crippen molar-refractivity contribution in [3.63, 3.8) is 0 Å². The summed E-state index contributed by atoms with van der Waals surface area (Å²) in [6.07, 6.45) is 3.95. The fraction of sp³-hybridized carbons (Fsp3) is 0.320. The molecule has 5 nitrogen and oxygen atoms in total. The Morgan fingerprint density at radius 1 is 1.19 bits per heavy atom. The first-order chi connectivity index (χ1) is 14.7. The van der Waals surface area contributed by atoms with Gasteiger partial charge >= 0.3 is 5.97 Å². The quantitative estimate of drug-likeness (QED) is 0.468. The second-order valence-electron chi connectivity index (χ2n) is 7.95. The minimum Gasteiger partial charge on any atom is -0.468 e. The molecule has 0 spiro atoms. The Labute approximate surface area is 185 Å². The highest BCUT2D eigenvalue weighted by Crippen LogP contribution is 2.33. The smallest absolute Gasteiger partial charge is 0.328 e. The maximum Gasteiger partial charge on any atom is 0.328 e. The van der Waals surface area contributed by atoms with E-state index in [2.05, 4.69) is 43.8 Å². The highest BCUT2D eigenvalue weighted by Gasteiger charge is 2.49. The minimum absolute atomic E-state index is 0.00474. The van der Waals surface area contributed by atoms with Crippen LogP contribution >= 0.6 is 0 Å². The predicted molar refractivity (Wildman–Crippen MR) is 125 cm³/mol. The number of carbonyl (C=O) groups excluding carboxylic acids is 1. The van der Waals surface area contributed by atoms with Gasteiger partial charge in [0.1, 0.15) is 0 Å². The molecule has 0 unspecified atom stereocenters. The number of ether oxygens (including phenoxy) is 1. The molecule has 3 rings (SSSR count). The van der Waals surface area contributed by atoms with Crippen LogP contribution in [0.5, 0.6) is 0 Å². The van der Waals surface area contributed by atoms with Crippen molar-refractivity contribution in [3.8, 4) is 11.1 Å². The third-order valence-electron chi connectivity index (χ3n) is 5.91. The molecular weight excluding hydrogens is 410 g/mol. The van der Waals surface area contributed by atoms with Crippen molar-refractivity contribution in [1.29, 1.82) is 0 Å². The van der Waals surface area contributed by atoms with Crippen LogP contribution in [0.1, 0.15) is 30.9 Å². The molecular formula is C25H29NO4S. The molecule has 0 fully saturated rings. The number of nitrogens with zero attached hydrogens (tertiary/aromatic N) is 1. The summed E-state index contributed by atoms with van der Waals surface area (Å²) in [5, 5.41) is 0. The molecule has 0 saturated carbocycles. The number of hydrogen-bond donors (Lipinski definition) is 0. The number of methoxy groups -OCH3 is 1. The second-order valence-corrected chi connectivity index (χ2v) is 10.3. The van der Waals surface area contributed by atoms with E-state index in [1.165, 1.54) is 41.1 Å². The Hall–Kier alpha value is -2.70. The van der Waals surface area contributed by atoms with Crippen molar-refractivity contribution in [2.75, 3.05) is 20.2 Å². The summed E-state index contributed by atoms with van der Waals surface area (Å²) in [5.74, 6) is -0.769. The van der Waals surface area contributed by atoms with Crippen molar-refractivity contribution in [2.45, 2.75) is 31.4 Å². The Morgan fingerprint density at radius 2 is 1.90 bits per heavy atom. The lowest BCUT2D eigenvalue weighted by Gasteiger charge is -2.34. The van der Waals surface area contributed by atoms with Gasteiger partial charge in [0.2, 0.25) is 10.0 Å². The van der Waals surface area contributed by atoms with Gasteiger partial charge in [-0.05, 0) is 54.5 Å². The first kappa shape index (κ1) is 23.0. The average molecular weight is 440 g/mol. The lowest BCUT2D eigenvalue weighted by Crippen LogP contribution is -2.52. The van der Waals surface area contributed by atoms with E-state index in [1.54, 1.807) is 0 Å². The number of rotatable bonds is 7. The highest BCUT2D eigenvalue weighted by molar-refractivity contribution is 7.91. The summed E-state index contributed by atoms with van der Waals surface area (Å²) in [4.78, 5) is 12.3. The molecule has 1 atom stereocenters. The topological polar surface area (TPSA) is 63.7 Å². The number of esters is 1. The molecule has 0 aromatic heterocycles. The summed E-state index contributed by atoms with van der Waals surface area (Å²) in [6.45, 7) is 7.64. The molecule has 2 aromatic carbocycles. The second kappa shape index (κ2) is 9.20. The molecule has 0 amide bonds. The van der Waals surface area contributed by atoms with Crippen LogP contribution in [0.4, 0.5) is 0 Å². The molecule has 0 saturated heterocycles. The normalized spacial score (nSPS) is 16.8. The third kappa shape index (κ3) is 4.36. The maximum atomic E-state index is 13.2. The lowest BCUT2D eigenvalue weighted by molar-refractivity contribution is -0.143. The van der Waals surface area contributed by atoms with Crippen LogP contribution in [0.2, 0.25) is 0 Å². The van der Waals surface area contributed by atoms with Gasteiger partial charge in [-0.1, -0.05) is 60.7 Å².